The van der Waals surface area contributed by atoms with Gasteiger partial charge in [-0.3, -0.25) is 19.2 Å². The molecule has 3 N–H and O–H groups in total. The molecule has 1 unspecified atom stereocenters. The zero-order chi connectivity index (χ0) is 18.5. The number of anilines is 1. The Labute approximate surface area is 150 Å². The normalized spacial score (nSPS) is 16.0. The molecule has 9 nitrogen and oxygen atoms in total. The molecule has 1 aromatic heterocycles. The van der Waals surface area contributed by atoms with Gasteiger partial charge in [-0.05, 0) is 33.6 Å². The molecule has 0 fully saturated rings. The summed E-state index contributed by atoms with van der Waals surface area (Å²) < 4.78 is 7.64. The first-order valence-electron chi connectivity index (χ1n) is 7.20. The van der Waals surface area contributed by atoms with Gasteiger partial charge in [0.25, 0.3) is 5.56 Å². The van der Waals surface area contributed by atoms with Crippen molar-refractivity contribution in [2.45, 2.75) is 6.04 Å². The average molecular weight is 411 g/mol. The van der Waals surface area contributed by atoms with E-state index in [9.17, 15) is 19.5 Å². The molecular weight excluding hydrogens is 396 g/mol. The van der Waals surface area contributed by atoms with E-state index in [-0.39, 0.29) is 22.9 Å². The minimum Gasteiger partial charge on any atom is -0.503 e. The molecule has 10 heteroatoms. The number of halogens is 1. The summed E-state index contributed by atoms with van der Waals surface area (Å²) in [5.41, 5.74) is -0.356. The number of rotatable bonds is 2. The van der Waals surface area contributed by atoms with Gasteiger partial charge in [-0.15, -0.1) is 0 Å². The van der Waals surface area contributed by atoms with Crippen LogP contribution in [0.2, 0.25) is 0 Å². The molecule has 0 radical (unpaired) electrons. The molecule has 2 aromatic rings. The molecule has 0 spiro atoms. The van der Waals surface area contributed by atoms with E-state index in [0.29, 0.717) is 10.0 Å². The maximum atomic E-state index is 12.6. The van der Waals surface area contributed by atoms with Crippen molar-refractivity contribution >= 4 is 27.8 Å². The van der Waals surface area contributed by atoms with Gasteiger partial charge in [0.1, 0.15) is 5.82 Å². The lowest BCUT2D eigenvalue weighted by Gasteiger charge is -2.29. The summed E-state index contributed by atoms with van der Waals surface area (Å²) in [4.78, 5) is 36.8. The predicted octanol–water partition coefficient (Wildman–Crippen LogP) is 0.785. The fourth-order valence-electron chi connectivity index (χ4n) is 2.79. The van der Waals surface area contributed by atoms with Gasteiger partial charge in [0.05, 0.1) is 23.2 Å². The quantitative estimate of drug-likeness (QED) is 0.676. The number of aromatic hydroxyl groups is 1. The number of aromatic nitrogens is 2. The van der Waals surface area contributed by atoms with Crippen LogP contribution < -0.4 is 26.6 Å². The number of amides is 2. The highest BCUT2D eigenvalue weighted by molar-refractivity contribution is 9.10. The first kappa shape index (κ1) is 17.1. The first-order valence-corrected chi connectivity index (χ1v) is 7.99. The number of nitrogens with one attached hydrogen (secondary N) is 2. The van der Waals surface area contributed by atoms with Crippen LogP contribution in [0.15, 0.2) is 26.2 Å². The van der Waals surface area contributed by atoms with Crippen molar-refractivity contribution in [3.05, 3.63) is 48.6 Å². The van der Waals surface area contributed by atoms with Gasteiger partial charge in [-0.2, -0.15) is 0 Å². The Morgan fingerprint density at radius 3 is 2.52 bits per heavy atom. The van der Waals surface area contributed by atoms with Crippen LogP contribution in [0.25, 0.3) is 0 Å². The molecule has 25 heavy (non-hydrogen) atoms. The summed E-state index contributed by atoms with van der Waals surface area (Å²) in [6, 6.07) is 1.72. The molecule has 1 aliphatic rings. The monoisotopic (exact) mass is 410 g/mol. The number of fused-ring (bicyclic) bond motifs is 1. The summed E-state index contributed by atoms with van der Waals surface area (Å²) in [5, 5.41) is 15.1. The summed E-state index contributed by atoms with van der Waals surface area (Å²) in [5.74, 6) is 0.213. The van der Waals surface area contributed by atoms with Gasteiger partial charge >= 0.3 is 11.7 Å². The van der Waals surface area contributed by atoms with Crippen LogP contribution in [-0.2, 0) is 14.1 Å². The third-order valence-electron chi connectivity index (χ3n) is 4.10. The Hall–Kier alpha value is -2.75. The van der Waals surface area contributed by atoms with Gasteiger partial charge in [-0.25, -0.2) is 9.59 Å². The number of hydrogen-bond acceptors (Lipinski definition) is 5. The number of methoxy groups -OCH3 is 1. The number of phenolic OH excluding ortho intramolecular Hbond substituents is 1. The number of benzene rings is 1. The molecule has 1 aromatic carbocycles. The third-order valence-corrected chi connectivity index (χ3v) is 4.70. The molecule has 0 aliphatic carbocycles. The maximum Gasteiger partial charge on any atom is 0.332 e. The highest BCUT2D eigenvalue weighted by Gasteiger charge is 2.32. The standard InChI is InChI=1S/C15H15BrN4O5/c1-19-12-9(13(22)20(2)15(19)24)10(17-14(23)18-12)6-4-7(16)11(21)8(5-6)25-3/h4-5,10,21H,1-3H3,(H2,17,18,23). The van der Waals surface area contributed by atoms with Crippen molar-refractivity contribution in [3.8, 4) is 11.5 Å². The van der Waals surface area contributed by atoms with Gasteiger partial charge in [0.2, 0.25) is 0 Å². The number of phenols is 1. The Balaban J connectivity index is 2.32. The zero-order valence-electron chi connectivity index (χ0n) is 13.6. The predicted molar refractivity (Wildman–Crippen MR) is 93.3 cm³/mol. The van der Waals surface area contributed by atoms with Crippen molar-refractivity contribution in [3.63, 3.8) is 0 Å². The molecule has 132 valence electrons. The maximum absolute atomic E-state index is 12.6. The molecule has 2 heterocycles. The largest absolute Gasteiger partial charge is 0.503 e. The smallest absolute Gasteiger partial charge is 0.332 e. The van der Waals surface area contributed by atoms with Crippen LogP contribution in [0.3, 0.4) is 0 Å². The number of ether oxygens (including phenoxy) is 1. The number of hydrogen-bond donors (Lipinski definition) is 3. The number of nitrogens with zero attached hydrogens (tertiary/aromatic N) is 2. The van der Waals surface area contributed by atoms with Crippen LogP contribution in [0.4, 0.5) is 10.6 Å². The SMILES string of the molecule is COc1cc(C2NC(=O)Nc3c2c(=O)n(C)c(=O)n3C)cc(Br)c1O. The number of carbonyl (C=O) groups is 1. The van der Waals surface area contributed by atoms with E-state index in [1.54, 1.807) is 6.07 Å². The summed E-state index contributed by atoms with van der Waals surface area (Å²) in [6.07, 6.45) is 0. The van der Waals surface area contributed by atoms with Crippen LogP contribution >= 0.6 is 15.9 Å². The Bertz CT molecular complexity index is 1010. The molecular formula is C15H15BrN4O5. The van der Waals surface area contributed by atoms with Crippen molar-refractivity contribution in [2.75, 3.05) is 12.4 Å². The van der Waals surface area contributed by atoms with Crippen molar-refractivity contribution in [1.82, 2.24) is 14.5 Å². The van der Waals surface area contributed by atoms with Gasteiger partial charge in [-0.1, -0.05) is 0 Å². The summed E-state index contributed by atoms with van der Waals surface area (Å²) in [7, 11) is 4.23. The summed E-state index contributed by atoms with van der Waals surface area (Å²) >= 11 is 3.22. The van der Waals surface area contributed by atoms with Gasteiger partial charge in [0.15, 0.2) is 11.5 Å². The number of urea groups is 1. The fraction of sp³-hybridized carbons (Fsp3) is 0.267. The second-order valence-corrected chi connectivity index (χ2v) is 6.41. The second kappa shape index (κ2) is 5.96. The Kier molecular flexibility index (Phi) is 4.07. The summed E-state index contributed by atoms with van der Waals surface area (Å²) in [6.45, 7) is 0. The van der Waals surface area contributed by atoms with Gasteiger partial charge < -0.3 is 15.2 Å². The minimum absolute atomic E-state index is 0.0971. The molecule has 0 saturated carbocycles. The molecule has 0 bridgehead atoms. The fourth-order valence-corrected chi connectivity index (χ4v) is 3.25. The van der Waals surface area contributed by atoms with Crippen LogP contribution in [0, 0.1) is 0 Å². The van der Waals surface area contributed by atoms with E-state index in [4.69, 9.17) is 4.74 Å². The van der Waals surface area contributed by atoms with E-state index >= 15 is 0 Å². The molecule has 1 aliphatic heterocycles. The lowest BCUT2D eigenvalue weighted by Crippen LogP contribution is -2.49. The van der Waals surface area contributed by atoms with E-state index in [1.165, 1.54) is 31.8 Å². The van der Waals surface area contributed by atoms with Crippen molar-refractivity contribution < 1.29 is 14.6 Å². The third kappa shape index (κ3) is 2.58. The molecule has 0 saturated heterocycles. The van der Waals surface area contributed by atoms with Crippen molar-refractivity contribution in [1.29, 1.82) is 0 Å². The second-order valence-electron chi connectivity index (χ2n) is 5.55. The molecule has 3 rings (SSSR count). The minimum atomic E-state index is -0.819. The van der Waals surface area contributed by atoms with E-state index in [1.807, 2.05) is 0 Å². The molecule has 2 amide bonds. The average Bonchev–Trinajstić information content (AvgIpc) is 2.59. The van der Waals surface area contributed by atoms with Crippen LogP contribution in [0.5, 0.6) is 11.5 Å². The van der Waals surface area contributed by atoms with E-state index in [0.717, 1.165) is 4.57 Å². The lowest BCUT2D eigenvalue weighted by atomic mass is 9.98. The van der Waals surface area contributed by atoms with E-state index in [2.05, 4.69) is 26.6 Å². The zero-order valence-corrected chi connectivity index (χ0v) is 15.2. The first-order chi connectivity index (χ1) is 11.8. The lowest BCUT2D eigenvalue weighted by molar-refractivity contribution is 0.248. The molecule has 1 atom stereocenters. The topological polar surface area (TPSA) is 115 Å². The highest BCUT2D eigenvalue weighted by Crippen LogP contribution is 2.39. The van der Waals surface area contributed by atoms with Crippen LogP contribution in [-0.4, -0.2) is 27.4 Å². The Morgan fingerprint density at radius 2 is 1.88 bits per heavy atom. The highest BCUT2D eigenvalue weighted by atomic mass is 79.9. The van der Waals surface area contributed by atoms with Gasteiger partial charge in [0, 0.05) is 14.1 Å². The number of carbonyl (C=O) groups excluding carboxylic acids is 1. The van der Waals surface area contributed by atoms with E-state index < -0.39 is 23.3 Å². The Morgan fingerprint density at radius 1 is 1.20 bits per heavy atom. The van der Waals surface area contributed by atoms with Crippen LogP contribution in [0.1, 0.15) is 17.2 Å². The van der Waals surface area contributed by atoms with Crippen molar-refractivity contribution in [2.24, 2.45) is 14.1 Å².